The fraction of sp³-hybridized carbons (Fsp3) is 0.818. The highest BCUT2D eigenvalue weighted by atomic mass is 16.5. The van der Waals surface area contributed by atoms with E-state index in [0.717, 1.165) is 0 Å². The Bertz CT molecular complexity index is 224. The minimum absolute atomic E-state index is 0.0597. The summed E-state index contributed by atoms with van der Waals surface area (Å²) in [5.41, 5.74) is 4.97. The van der Waals surface area contributed by atoms with E-state index in [1.807, 2.05) is 13.8 Å². The molecule has 4 nitrogen and oxygen atoms in total. The number of nitrogens with two attached hydrogens (primary N) is 1. The van der Waals surface area contributed by atoms with Gasteiger partial charge in [0.25, 0.3) is 6.47 Å². The van der Waals surface area contributed by atoms with Crippen LogP contribution in [0.25, 0.3) is 0 Å². The Hall–Kier alpha value is -0.900. The molecule has 0 aromatic rings. The summed E-state index contributed by atoms with van der Waals surface area (Å²) in [6.45, 7) is 7.78. The van der Waals surface area contributed by atoms with Crippen LogP contribution in [0.4, 0.5) is 0 Å². The summed E-state index contributed by atoms with van der Waals surface area (Å²) in [4.78, 5) is 21.8. The van der Waals surface area contributed by atoms with E-state index in [1.54, 1.807) is 13.8 Å². The molecule has 0 rings (SSSR count). The lowest BCUT2D eigenvalue weighted by atomic mass is 9.93. The molecule has 88 valence electrons. The molecule has 2 N–H and O–H groups in total. The van der Waals surface area contributed by atoms with Crippen molar-refractivity contribution in [2.75, 3.05) is 0 Å². The third-order valence-electron chi connectivity index (χ3n) is 2.11. The van der Waals surface area contributed by atoms with Gasteiger partial charge in [-0.1, -0.05) is 13.8 Å². The Morgan fingerprint density at radius 2 is 2.00 bits per heavy atom. The van der Waals surface area contributed by atoms with Gasteiger partial charge in [-0.2, -0.15) is 0 Å². The first kappa shape index (κ1) is 14.1. The van der Waals surface area contributed by atoms with Gasteiger partial charge in [-0.05, 0) is 26.2 Å². The molecule has 15 heavy (non-hydrogen) atoms. The number of hydrogen-bond acceptors (Lipinski definition) is 4. The Morgan fingerprint density at radius 1 is 1.47 bits per heavy atom. The highest BCUT2D eigenvalue weighted by Gasteiger charge is 2.26. The Labute approximate surface area is 91.2 Å². The predicted octanol–water partition coefficient (Wildman–Crippen LogP) is 1.27. The molecular weight excluding hydrogens is 194 g/mol. The molecule has 4 heteroatoms. The van der Waals surface area contributed by atoms with E-state index < -0.39 is 11.6 Å². The normalized spacial score (nSPS) is 13.7. The standard InChI is InChI=1S/C11H21NO3/c1-8(2)5-9(12)10(14)6-11(3,4)15-7-13/h7-9H,5-6,12H2,1-4H3/t9-/m0/s1. The van der Waals surface area contributed by atoms with E-state index >= 15 is 0 Å². The van der Waals surface area contributed by atoms with Crippen molar-refractivity contribution >= 4 is 12.3 Å². The van der Waals surface area contributed by atoms with Gasteiger partial charge in [0, 0.05) is 6.42 Å². The molecule has 0 aliphatic heterocycles. The van der Waals surface area contributed by atoms with Crippen LogP contribution in [0.3, 0.4) is 0 Å². The average molecular weight is 215 g/mol. The molecule has 0 aliphatic carbocycles. The fourth-order valence-corrected chi connectivity index (χ4v) is 1.36. The van der Waals surface area contributed by atoms with Gasteiger partial charge in [-0.3, -0.25) is 9.59 Å². The topological polar surface area (TPSA) is 69.4 Å². The van der Waals surface area contributed by atoms with Crippen molar-refractivity contribution in [2.24, 2.45) is 11.7 Å². The fourth-order valence-electron chi connectivity index (χ4n) is 1.36. The third-order valence-corrected chi connectivity index (χ3v) is 2.11. The average Bonchev–Trinajstić information content (AvgIpc) is 2.01. The number of Topliss-reactive ketones (excluding diaryl/α,β-unsaturated/α-hetero) is 1. The van der Waals surface area contributed by atoms with Crippen LogP contribution in [0.15, 0.2) is 0 Å². The molecule has 0 spiro atoms. The molecule has 0 aromatic carbocycles. The summed E-state index contributed by atoms with van der Waals surface area (Å²) in [7, 11) is 0. The second kappa shape index (κ2) is 5.85. The number of rotatable bonds is 7. The smallest absolute Gasteiger partial charge is 0.293 e. The van der Waals surface area contributed by atoms with Crippen LogP contribution < -0.4 is 5.73 Å². The van der Waals surface area contributed by atoms with Crippen LogP contribution >= 0.6 is 0 Å². The molecule has 0 heterocycles. The summed E-state index contributed by atoms with van der Waals surface area (Å²) < 4.78 is 4.80. The van der Waals surface area contributed by atoms with Crippen molar-refractivity contribution < 1.29 is 14.3 Å². The highest BCUT2D eigenvalue weighted by molar-refractivity contribution is 5.84. The van der Waals surface area contributed by atoms with Gasteiger partial charge in [0.1, 0.15) is 5.60 Å². The van der Waals surface area contributed by atoms with Crippen LogP contribution in [-0.4, -0.2) is 23.9 Å². The van der Waals surface area contributed by atoms with Crippen molar-refractivity contribution in [2.45, 2.75) is 52.2 Å². The molecule has 0 fully saturated rings. The van der Waals surface area contributed by atoms with Gasteiger partial charge in [-0.15, -0.1) is 0 Å². The predicted molar refractivity (Wildman–Crippen MR) is 58.3 cm³/mol. The van der Waals surface area contributed by atoms with Crippen molar-refractivity contribution in [1.29, 1.82) is 0 Å². The maximum Gasteiger partial charge on any atom is 0.293 e. The molecule has 0 unspecified atom stereocenters. The first-order valence-electron chi connectivity index (χ1n) is 5.18. The van der Waals surface area contributed by atoms with E-state index in [-0.39, 0.29) is 12.2 Å². The highest BCUT2D eigenvalue weighted by Crippen LogP contribution is 2.16. The minimum atomic E-state index is -0.757. The number of ketones is 1. The second-order valence-electron chi connectivity index (χ2n) is 4.85. The first-order valence-corrected chi connectivity index (χ1v) is 5.18. The van der Waals surface area contributed by atoms with Crippen molar-refractivity contribution in [3.63, 3.8) is 0 Å². The zero-order chi connectivity index (χ0) is 12.1. The van der Waals surface area contributed by atoms with Gasteiger partial charge in [0.15, 0.2) is 5.78 Å². The van der Waals surface area contributed by atoms with Crippen molar-refractivity contribution in [3.05, 3.63) is 0 Å². The van der Waals surface area contributed by atoms with E-state index in [9.17, 15) is 9.59 Å². The third kappa shape index (κ3) is 6.23. The van der Waals surface area contributed by atoms with E-state index in [0.29, 0.717) is 18.8 Å². The van der Waals surface area contributed by atoms with Crippen LogP contribution in [0.2, 0.25) is 0 Å². The van der Waals surface area contributed by atoms with Crippen LogP contribution in [0, 0.1) is 5.92 Å². The molecule has 0 saturated carbocycles. The zero-order valence-corrected chi connectivity index (χ0v) is 9.95. The molecule has 0 bridgehead atoms. The Kier molecular flexibility index (Phi) is 5.50. The summed E-state index contributed by atoms with van der Waals surface area (Å²) in [5, 5.41) is 0. The minimum Gasteiger partial charge on any atom is -0.461 e. The Morgan fingerprint density at radius 3 is 2.40 bits per heavy atom. The first-order chi connectivity index (χ1) is 6.78. The van der Waals surface area contributed by atoms with E-state index in [4.69, 9.17) is 10.5 Å². The van der Waals surface area contributed by atoms with Crippen molar-refractivity contribution in [3.8, 4) is 0 Å². The summed E-state index contributed by atoms with van der Waals surface area (Å²) in [5.74, 6) is 0.328. The SMILES string of the molecule is CC(C)C[C@H](N)C(=O)CC(C)(C)OC=O. The van der Waals surface area contributed by atoms with Crippen LogP contribution in [0.1, 0.15) is 40.5 Å². The maximum atomic E-state index is 11.6. The zero-order valence-electron chi connectivity index (χ0n) is 9.95. The molecule has 1 atom stereocenters. The second-order valence-corrected chi connectivity index (χ2v) is 4.85. The lowest BCUT2D eigenvalue weighted by Crippen LogP contribution is -2.38. The van der Waals surface area contributed by atoms with Crippen LogP contribution in [0.5, 0.6) is 0 Å². The summed E-state index contributed by atoms with van der Waals surface area (Å²) in [6.07, 6.45) is 0.829. The summed E-state index contributed by atoms with van der Waals surface area (Å²) >= 11 is 0. The van der Waals surface area contributed by atoms with Gasteiger partial charge in [0.2, 0.25) is 0 Å². The lowest BCUT2D eigenvalue weighted by Gasteiger charge is -2.23. The molecular formula is C11H21NO3. The lowest BCUT2D eigenvalue weighted by molar-refractivity contribution is -0.143. The van der Waals surface area contributed by atoms with Crippen LogP contribution in [-0.2, 0) is 14.3 Å². The molecule has 0 amide bonds. The maximum absolute atomic E-state index is 11.6. The monoisotopic (exact) mass is 215 g/mol. The molecule has 0 aromatic heterocycles. The largest absolute Gasteiger partial charge is 0.461 e. The number of hydrogen-bond donors (Lipinski definition) is 1. The quantitative estimate of drug-likeness (QED) is 0.649. The van der Waals surface area contributed by atoms with Gasteiger partial charge in [-0.25, -0.2) is 0 Å². The summed E-state index contributed by atoms with van der Waals surface area (Å²) in [6, 6.07) is -0.459. The number of carbonyl (C=O) groups is 2. The molecule has 0 radical (unpaired) electrons. The Balaban J connectivity index is 4.17. The van der Waals surface area contributed by atoms with Gasteiger partial charge < -0.3 is 10.5 Å². The van der Waals surface area contributed by atoms with E-state index in [2.05, 4.69) is 0 Å². The number of carbonyl (C=O) groups excluding carboxylic acids is 2. The van der Waals surface area contributed by atoms with E-state index in [1.165, 1.54) is 0 Å². The van der Waals surface area contributed by atoms with Gasteiger partial charge in [0.05, 0.1) is 6.04 Å². The van der Waals surface area contributed by atoms with Crippen molar-refractivity contribution in [1.82, 2.24) is 0 Å². The molecule has 0 aliphatic rings. The number of ether oxygens (including phenoxy) is 1. The van der Waals surface area contributed by atoms with Gasteiger partial charge >= 0.3 is 0 Å². The molecule has 0 saturated heterocycles.